The Balaban J connectivity index is 1.42. The van der Waals surface area contributed by atoms with Gasteiger partial charge in [0.1, 0.15) is 11.6 Å². The number of nitrogens with zero attached hydrogens (tertiary/aromatic N) is 2. The van der Waals surface area contributed by atoms with Crippen LogP contribution in [0.25, 0.3) is 11.0 Å². The summed E-state index contributed by atoms with van der Waals surface area (Å²) in [5, 5.41) is 8.75. The number of hydrogen-bond acceptors (Lipinski definition) is 6. The molecule has 0 radical (unpaired) electrons. The molecule has 1 aromatic carbocycles. The number of rotatable bonds is 7. The van der Waals surface area contributed by atoms with E-state index in [2.05, 4.69) is 25.8 Å². The molecule has 26 heavy (non-hydrogen) atoms. The number of H-pyrrole nitrogens is 1. The van der Waals surface area contributed by atoms with Crippen molar-refractivity contribution in [2.24, 2.45) is 0 Å². The monoisotopic (exact) mass is 373 g/mol. The lowest BCUT2D eigenvalue weighted by atomic mass is 10.3. The second-order valence-electron chi connectivity index (χ2n) is 5.74. The molecule has 0 fully saturated rings. The summed E-state index contributed by atoms with van der Waals surface area (Å²) < 4.78 is 4.89. The van der Waals surface area contributed by atoms with Crippen LogP contribution in [0.4, 0.5) is 5.82 Å². The molecule has 2 aromatic heterocycles. The van der Waals surface area contributed by atoms with Gasteiger partial charge in [-0.15, -0.1) is 11.8 Å². The summed E-state index contributed by atoms with van der Waals surface area (Å²) in [7, 11) is 0. The van der Waals surface area contributed by atoms with E-state index >= 15 is 0 Å². The largest absolute Gasteiger partial charge is 0.360 e. The van der Waals surface area contributed by atoms with Gasteiger partial charge in [-0.3, -0.25) is 9.59 Å². The highest BCUT2D eigenvalue weighted by Crippen LogP contribution is 2.14. The summed E-state index contributed by atoms with van der Waals surface area (Å²) in [6.07, 6.45) is 0. The molecule has 2 heterocycles. The minimum Gasteiger partial charge on any atom is -0.360 e. The molecular weight excluding hydrogens is 354 g/mol. The van der Waals surface area contributed by atoms with Crippen LogP contribution in [0.2, 0.25) is 0 Å². The van der Waals surface area contributed by atoms with Crippen molar-refractivity contribution in [2.75, 3.05) is 11.1 Å². The maximum atomic E-state index is 12.1. The van der Waals surface area contributed by atoms with Crippen LogP contribution in [-0.2, 0) is 16.1 Å². The van der Waals surface area contributed by atoms with Crippen molar-refractivity contribution in [3.63, 3.8) is 0 Å². The molecular formula is C17H19N5O3S. The number of para-hydroxylation sites is 2. The normalized spacial score (nSPS) is 12.1. The van der Waals surface area contributed by atoms with E-state index < -0.39 is 5.25 Å². The van der Waals surface area contributed by atoms with E-state index in [0.717, 1.165) is 11.0 Å². The van der Waals surface area contributed by atoms with Crippen LogP contribution in [0.5, 0.6) is 0 Å². The standard InChI is InChI=1S/C17H19N5O3S/c1-10-7-14(22-25-10)21-17(24)11(2)26-9-16(23)18-8-15-19-12-5-3-4-6-13(12)20-15/h3-7,11H,8-9H2,1-2H3,(H,18,23)(H,19,20)(H,21,22,24). The number of imidazole rings is 1. The number of aryl methyl sites for hydroxylation is 1. The molecule has 3 N–H and O–H groups in total. The molecule has 136 valence electrons. The SMILES string of the molecule is Cc1cc(NC(=O)C(C)SCC(=O)NCc2nc3ccccc3[nH]2)no1. The summed E-state index contributed by atoms with van der Waals surface area (Å²) in [5.74, 6) is 1.46. The molecule has 0 saturated carbocycles. The van der Waals surface area contributed by atoms with Gasteiger partial charge in [0.05, 0.1) is 28.6 Å². The molecule has 0 aliphatic heterocycles. The second kappa shape index (κ2) is 8.05. The summed E-state index contributed by atoms with van der Waals surface area (Å²) in [5.41, 5.74) is 1.79. The van der Waals surface area contributed by atoms with Crippen LogP contribution in [0.3, 0.4) is 0 Å². The van der Waals surface area contributed by atoms with Crippen LogP contribution in [0.1, 0.15) is 18.5 Å². The molecule has 0 aliphatic rings. The van der Waals surface area contributed by atoms with Gasteiger partial charge in [-0.05, 0) is 26.0 Å². The number of anilines is 1. The lowest BCUT2D eigenvalue weighted by molar-refractivity contribution is -0.118. The molecule has 3 rings (SSSR count). The Labute approximate surface area is 154 Å². The predicted octanol–water partition coefficient (Wildman–Crippen LogP) is 2.24. The van der Waals surface area contributed by atoms with E-state index in [1.807, 2.05) is 24.3 Å². The second-order valence-corrected chi connectivity index (χ2v) is 7.07. The molecule has 0 saturated heterocycles. The average Bonchev–Trinajstić information content (AvgIpc) is 3.23. The maximum Gasteiger partial charge on any atom is 0.238 e. The first-order chi connectivity index (χ1) is 12.5. The van der Waals surface area contributed by atoms with Gasteiger partial charge in [0, 0.05) is 6.07 Å². The third kappa shape index (κ3) is 4.63. The lowest BCUT2D eigenvalue weighted by Gasteiger charge is -2.10. The van der Waals surface area contributed by atoms with E-state index in [1.54, 1.807) is 19.9 Å². The quantitative estimate of drug-likeness (QED) is 0.585. The molecule has 1 atom stereocenters. The minimum absolute atomic E-state index is 0.160. The van der Waals surface area contributed by atoms with Gasteiger partial charge in [-0.2, -0.15) is 0 Å². The predicted molar refractivity (Wildman–Crippen MR) is 99.7 cm³/mol. The zero-order valence-electron chi connectivity index (χ0n) is 14.4. The van der Waals surface area contributed by atoms with E-state index in [4.69, 9.17) is 4.52 Å². The number of nitrogens with one attached hydrogen (secondary N) is 3. The Bertz CT molecular complexity index is 887. The Morgan fingerprint density at radius 2 is 2.15 bits per heavy atom. The van der Waals surface area contributed by atoms with Gasteiger partial charge in [0.25, 0.3) is 0 Å². The summed E-state index contributed by atoms with van der Waals surface area (Å²) in [6.45, 7) is 3.79. The average molecular weight is 373 g/mol. The molecule has 8 nitrogen and oxygen atoms in total. The molecule has 1 unspecified atom stereocenters. The van der Waals surface area contributed by atoms with Gasteiger partial charge in [-0.1, -0.05) is 17.3 Å². The van der Waals surface area contributed by atoms with Crippen LogP contribution in [0.15, 0.2) is 34.9 Å². The van der Waals surface area contributed by atoms with Crippen LogP contribution >= 0.6 is 11.8 Å². The zero-order valence-corrected chi connectivity index (χ0v) is 15.2. The summed E-state index contributed by atoms with van der Waals surface area (Å²) >= 11 is 1.25. The van der Waals surface area contributed by atoms with E-state index in [1.165, 1.54) is 11.8 Å². The highest BCUT2D eigenvalue weighted by Gasteiger charge is 2.17. The Kier molecular flexibility index (Phi) is 5.57. The first-order valence-corrected chi connectivity index (χ1v) is 9.12. The number of benzene rings is 1. The number of thioether (sulfide) groups is 1. The fraction of sp³-hybridized carbons (Fsp3) is 0.294. The molecule has 0 bridgehead atoms. The third-order valence-corrected chi connectivity index (χ3v) is 4.75. The number of aromatic nitrogens is 3. The number of carbonyl (C=O) groups is 2. The Morgan fingerprint density at radius 3 is 2.88 bits per heavy atom. The zero-order chi connectivity index (χ0) is 18.5. The molecule has 0 spiro atoms. The number of carbonyl (C=O) groups excluding carboxylic acids is 2. The van der Waals surface area contributed by atoms with Gasteiger partial charge in [0.2, 0.25) is 11.8 Å². The molecule has 9 heteroatoms. The van der Waals surface area contributed by atoms with Gasteiger partial charge in [-0.25, -0.2) is 4.98 Å². The van der Waals surface area contributed by atoms with Crippen LogP contribution < -0.4 is 10.6 Å². The first-order valence-electron chi connectivity index (χ1n) is 8.07. The molecule has 3 aromatic rings. The van der Waals surface area contributed by atoms with Crippen molar-refractivity contribution in [1.82, 2.24) is 20.4 Å². The van der Waals surface area contributed by atoms with Gasteiger partial charge in [0.15, 0.2) is 5.82 Å². The maximum absolute atomic E-state index is 12.1. The smallest absolute Gasteiger partial charge is 0.238 e. The Hall–Kier alpha value is -2.81. The Morgan fingerprint density at radius 1 is 1.35 bits per heavy atom. The molecule has 2 amide bonds. The fourth-order valence-corrected chi connectivity index (χ4v) is 2.97. The summed E-state index contributed by atoms with van der Waals surface area (Å²) in [4.78, 5) is 31.6. The highest BCUT2D eigenvalue weighted by molar-refractivity contribution is 8.01. The van der Waals surface area contributed by atoms with Crippen molar-refractivity contribution in [3.8, 4) is 0 Å². The fourth-order valence-electron chi connectivity index (χ4n) is 2.25. The van der Waals surface area contributed by atoms with E-state index in [0.29, 0.717) is 23.9 Å². The summed E-state index contributed by atoms with van der Waals surface area (Å²) in [6, 6.07) is 9.31. The van der Waals surface area contributed by atoms with Crippen molar-refractivity contribution in [3.05, 3.63) is 41.9 Å². The molecule has 0 aliphatic carbocycles. The number of fused-ring (bicyclic) bond motifs is 1. The minimum atomic E-state index is -0.399. The van der Waals surface area contributed by atoms with Gasteiger partial charge >= 0.3 is 0 Å². The van der Waals surface area contributed by atoms with Crippen molar-refractivity contribution >= 4 is 40.4 Å². The highest BCUT2D eigenvalue weighted by atomic mass is 32.2. The number of amides is 2. The van der Waals surface area contributed by atoms with Crippen LogP contribution in [-0.4, -0.2) is 37.9 Å². The number of aromatic amines is 1. The van der Waals surface area contributed by atoms with Crippen molar-refractivity contribution in [1.29, 1.82) is 0 Å². The first kappa shape index (κ1) is 18.0. The van der Waals surface area contributed by atoms with Gasteiger partial charge < -0.3 is 20.1 Å². The van der Waals surface area contributed by atoms with Crippen LogP contribution in [0, 0.1) is 6.92 Å². The lowest BCUT2D eigenvalue weighted by Crippen LogP contribution is -2.28. The third-order valence-electron chi connectivity index (χ3n) is 3.60. The van der Waals surface area contributed by atoms with E-state index in [9.17, 15) is 9.59 Å². The van der Waals surface area contributed by atoms with E-state index in [-0.39, 0.29) is 17.6 Å². The van der Waals surface area contributed by atoms with Crippen molar-refractivity contribution in [2.45, 2.75) is 25.6 Å². The number of hydrogen-bond donors (Lipinski definition) is 3. The van der Waals surface area contributed by atoms with Crippen molar-refractivity contribution < 1.29 is 14.1 Å². The topological polar surface area (TPSA) is 113 Å².